The lowest BCUT2D eigenvalue weighted by Gasteiger charge is -2.12. The molecule has 0 unspecified atom stereocenters. The number of aliphatic hydroxyl groups is 1. The van der Waals surface area contributed by atoms with Crippen LogP contribution in [0.3, 0.4) is 0 Å². The second-order valence-corrected chi connectivity index (χ2v) is 4.16. The second kappa shape index (κ2) is 4.09. The number of aliphatic hydroxyl groups excluding tert-OH is 1. The predicted octanol–water partition coefficient (Wildman–Crippen LogP) is 3.12. The molecule has 0 spiro atoms. The largest absolute Gasteiger partial charge is 0.416 e. The minimum Gasteiger partial charge on any atom is -0.396 e. The fraction of sp³-hybridized carbons (Fsp3) is 0.500. The fourth-order valence-electron chi connectivity index (χ4n) is 1.91. The summed E-state index contributed by atoms with van der Waals surface area (Å²) in [5, 5.41) is 8.86. The molecule has 0 aromatic heterocycles. The van der Waals surface area contributed by atoms with Crippen LogP contribution in [0.25, 0.3) is 0 Å². The van der Waals surface area contributed by atoms with Crippen LogP contribution in [0.4, 0.5) is 13.2 Å². The molecule has 1 aliphatic carbocycles. The lowest BCUT2D eigenvalue weighted by atomic mass is 9.98. The fourth-order valence-corrected chi connectivity index (χ4v) is 1.91. The molecule has 0 radical (unpaired) electrons. The lowest BCUT2D eigenvalue weighted by Crippen LogP contribution is -2.07. The average molecular weight is 230 g/mol. The Morgan fingerprint density at radius 1 is 1.25 bits per heavy atom. The molecule has 0 atom stereocenters. The minimum atomic E-state index is -4.30. The van der Waals surface area contributed by atoms with E-state index < -0.39 is 11.7 Å². The van der Waals surface area contributed by atoms with Crippen LogP contribution in [-0.2, 0) is 12.6 Å². The van der Waals surface area contributed by atoms with Crippen molar-refractivity contribution in [1.29, 1.82) is 0 Å². The highest BCUT2D eigenvalue weighted by molar-refractivity contribution is 5.38. The van der Waals surface area contributed by atoms with E-state index in [0.717, 1.165) is 24.5 Å². The number of rotatable bonds is 3. The van der Waals surface area contributed by atoms with Crippen molar-refractivity contribution in [3.05, 3.63) is 34.9 Å². The van der Waals surface area contributed by atoms with Crippen LogP contribution < -0.4 is 0 Å². The van der Waals surface area contributed by atoms with Gasteiger partial charge in [-0.05, 0) is 48.4 Å². The first-order valence-corrected chi connectivity index (χ1v) is 5.33. The highest BCUT2D eigenvalue weighted by atomic mass is 19.4. The van der Waals surface area contributed by atoms with E-state index in [1.807, 2.05) is 0 Å². The molecule has 1 N–H and O–H groups in total. The second-order valence-electron chi connectivity index (χ2n) is 4.16. The molecule has 0 bridgehead atoms. The molecule has 1 nitrogen and oxygen atoms in total. The molecule has 0 amide bonds. The van der Waals surface area contributed by atoms with E-state index in [1.165, 1.54) is 6.07 Å². The van der Waals surface area contributed by atoms with Crippen LogP contribution in [0.5, 0.6) is 0 Å². The van der Waals surface area contributed by atoms with Gasteiger partial charge in [0.2, 0.25) is 0 Å². The van der Waals surface area contributed by atoms with Crippen LogP contribution in [0.2, 0.25) is 0 Å². The number of hydrogen-bond donors (Lipinski definition) is 1. The number of hydrogen-bond acceptors (Lipinski definition) is 1. The smallest absolute Gasteiger partial charge is 0.396 e. The third kappa shape index (κ3) is 2.38. The highest BCUT2D eigenvalue weighted by Crippen LogP contribution is 2.43. The van der Waals surface area contributed by atoms with Crippen molar-refractivity contribution in [1.82, 2.24) is 0 Å². The predicted molar refractivity (Wildman–Crippen MR) is 54.2 cm³/mol. The van der Waals surface area contributed by atoms with Gasteiger partial charge in [-0.25, -0.2) is 0 Å². The van der Waals surface area contributed by atoms with Crippen molar-refractivity contribution < 1.29 is 18.3 Å². The number of alkyl halides is 3. The summed E-state index contributed by atoms with van der Waals surface area (Å²) in [7, 11) is 0. The van der Waals surface area contributed by atoms with E-state index in [1.54, 1.807) is 6.07 Å². The SMILES string of the molecule is OCCc1cc(C(F)(F)F)ccc1C1CC1. The van der Waals surface area contributed by atoms with E-state index in [4.69, 9.17) is 5.11 Å². The molecule has 16 heavy (non-hydrogen) atoms. The molecule has 0 aliphatic heterocycles. The Morgan fingerprint density at radius 2 is 1.94 bits per heavy atom. The first-order valence-electron chi connectivity index (χ1n) is 5.33. The zero-order valence-corrected chi connectivity index (χ0v) is 8.72. The Hall–Kier alpha value is -1.03. The summed E-state index contributed by atoms with van der Waals surface area (Å²) in [6, 6.07) is 3.86. The van der Waals surface area contributed by atoms with Gasteiger partial charge in [-0.15, -0.1) is 0 Å². The van der Waals surface area contributed by atoms with Gasteiger partial charge in [0.15, 0.2) is 0 Å². The van der Waals surface area contributed by atoms with E-state index in [-0.39, 0.29) is 6.61 Å². The number of benzene rings is 1. The Bertz CT molecular complexity index is 380. The maximum Gasteiger partial charge on any atom is 0.416 e. The Balaban J connectivity index is 2.35. The molecular formula is C12H13F3O. The summed E-state index contributed by atoms with van der Waals surface area (Å²) < 4.78 is 37.5. The average Bonchev–Trinajstić information content (AvgIpc) is 3.00. The van der Waals surface area contributed by atoms with E-state index in [0.29, 0.717) is 17.9 Å². The maximum absolute atomic E-state index is 12.5. The first-order chi connectivity index (χ1) is 7.52. The Morgan fingerprint density at radius 3 is 2.44 bits per heavy atom. The van der Waals surface area contributed by atoms with Crippen molar-refractivity contribution in [3.63, 3.8) is 0 Å². The Kier molecular flexibility index (Phi) is 2.93. The van der Waals surface area contributed by atoms with Gasteiger partial charge < -0.3 is 5.11 Å². The molecule has 2 rings (SSSR count). The normalized spacial score (nSPS) is 16.5. The quantitative estimate of drug-likeness (QED) is 0.845. The molecular weight excluding hydrogens is 217 g/mol. The van der Waals surface area contributed by atoms with Crippen LogP contribution >= 0.6 is 0 Å². The summed E-state index contributed by atoms with van der Waals surface area (Å²) in [5.41, 5.74) is 0.988. The zero-order chi connectivity index (χ0) is 11.8. The third-order valence-electron chi connectivity index (χ3n) is 2.87. The standard InChI is InChI=1S/C12H13F3O/c13-12(14,15)10-3-4-11(8-1-2-8)9(7-10)5-6-16/h3-4,7-8,16H,1-2,5-6H2. The van der Waals surface area contributed by atoms with Crippen molar-refractivity contribution >= 4 is 0 Å². The zero-order valence-electron chi connectivity index (χ0n) is 8.72. The van der Waals surface area contributed by atoms with E-state index >= 15 is 0 Å². The first kappa shape index (κ1) is 11.5. The molecule has 0 heterocycles. The van der Waals surface area contributed by atoms with E-state index in [2.05, 4.69) is 0 Å². The minimum absolute atomic E-state index is 0.110. The summed E-state index contributed by atoms with van der Waals surface area (Å²) >= 11 is 0. The summed E-state index contributed by atoms with van der Waals surface area (Å²) in [6.07, 6.45) is -1.91. The van der Waals surface area contributed by atoms with Crippen molar-refractivity contribution in [3.8, 4) is 0 Å². The molecule has 1 aromatic carbocycles. The van der Waals surface area contributed by atoms with Gasteiger partial charge in [0, 0.05) is 6.61 Å². The summed E-state index contributed by atoms with van der Waals surface area (Å²) in [4.78, 5) is 0. The van der Waals surface area contributed by atoms with Gasteiger partial charge in [0.1, 0.15) is 0 Å². The Labute approximate surface area is 91.9 Å². The van der Waals surface area contributed by atoms with Crippen LogP contribution in [0.15, 0.2) is 18.2 Å². The lowest BCUT2D eigenvalue weighted by molar-refractivity contribution is -0.137. The van der Waals surface area contributed by atoms with Crippen LogP contribution in [0.1, 0.15) is 35.4 Å². The van der Waals surface area contributed by atoms with Gasteiger partial charge in [-0.2, -0.15) is 13.2 Å². The van der Waals surface area contributed by atoms with Crippen LogP contribution in [-0.4, -0.2) is 11.7 Å². The monoisotopic (exact) mass is 230 g/mol. The van der Waals surface area contributed by atoms with Crippen molar-refractivity contribution in [2.24, 2.45) is 0 Å². The summed E-state index contributed by atoms with van der Waals surface area (Å²) in [5.74, 6) is 0.406. The number of halogens is 3. The van der Waals surface area contributed by atoms with E-state index in [9.17, 15) is 13.2 Å². The van der Waals surface area contributed by atoms with Crippen molar-refractivity contribution in [2.75, 3.05) is 6.61 Å². The summed E-state index contributed by atoms with van der Waals surface area (Å²) in [6.45, 7) is -0.110. The third-order valence-corrected chi connectivity index (χ3v) is 2.87. The molecule has 4 heteroatoms. The van der Waals surface area contributed by atoms with Gasteiger partial charge in [0.05, 0.1) is 5.56 Å². The molecule has 88 valence electrons. The van der Waals surface area contributed by atoms with Crippen LogP contribution in [0, 0.1) is 0 Å². The van der Waals surface area contributed by atoms with Crippen molar-refractivity contribution in [2.45, 2.75) is 31.4 Å². The van der Waals surface area contributed by atoms with Gasteiger partial charge >= 0.3 is 6.18 Å². The maximum atomic E-state index is 12.5. The highest BCUT2D eigenvalue weighted by Gasteiger charge is 2.32. The molecule has 1 saturated carbocycles. The molecule has 1 fully saturated rings. The van der Waals surface area contributed by atoms with Gasteiger partial charge in [-0.1, -0.05) is 6.07 Å². The van der Waals surface area contributed by atoms with Gasteiger partial charge in [-0.3, -0.25) is 0 Å². The van der Waals surface area contributed by atoms with Gasteiger partial charge in [0.25, 0.3) is 0 Å². The molecule has 1 aromatic rings. The molecule has 1 aliphatic rings. The topological polar surface area (TPSA) is 20.2 Å². The molecule has 0 saturated heterocycles.